The first kappa shape index (κ1) is 15.4. The first-order chi connectivity index (χ1) is 9.23. The number of halogens is 3. The Morgan fingerprint density at radius 2 is 2.20 bits per heavy atom. The van der Waals surface area contributed by atoms with Crippen LogP contribution in [0.5, 0.6) is 0 Å². The molecule has 11 heteroatoms. The van der Waals surface area contributed by atoms with E-state index in [1.54, 1.807) is 4.90 Å². The summed E-state index contributed by atoms with van der Waals surface area (Å²) in [5.41, 5.74) is 0. The Morgan fingerprint density at radius 1 is 1.50 bits per heavy atom. The Morgan fingerprint density at radius 3 is 2.75 bits per heavy atom. The van der Waals surface area contributed by atoms with Gasteiger partial charge in [-0.2, -0.15) is 22.5 Å². The number of nitrogens with one attached hydrogen (secondary N) is 1. The highest BCUT2D eigenvalue weighted by Gasteiger charge is 2.38. The van der Waals surface area contributed by atoms with Gasteiger partial charge in [0.05, 0.1) is 5.75 Å². The van der Waals surface area contributed by atoms with Gasteiger partial charge in [0.2, 0.25) is 21.0 Å². The average Bonchev–Trinajstić information content (AvgIpc) is 2.95. The molecule has 0 saturated carbocycles. The average molecular weight is 330 g/mol. The molecule has 114 valence electrons. The molecule has 1 aliphatic rings. The standard InChI is InChI=1S/C9H13F3N4O2S2/c1-13-20(17,18)5-6-3-2-4-16(6)8-14-7(15-19-8)9(10,11)12/h6,13H,2-5H2,1H3. The fourth-order valence-electron chi connectivity index (χ4n) is 2.04. The highest BCUT2D eigenvalue weighted by atomic mass is 32.2. The first-order valence-corrected chi connectivity index (χ1v) is 8.24. The number of hydrogen-bond donors (Lipinski definition) is 1. The van der Waals surface area contributed by atoms with Gasteiger partial charge in [0.15, 0.2) is 0 Å². The minimum atomic E-state index is -4.58. The topological polar surface area (TPSA) is 75.2 Å². The van der Waals surface area contributed by atoms with E-state index in [1.165, 1.54) is 7.05 Å². The van der Waals surface area contributed by atoms with E-state index in [-0.39, 0.29) is 16.9 Å². The smallest absolute Gasteiger partial charge is 0.343 e. The second kappa shape index (κ2) is 5.45. The van der Waals surface area contributed by atoms with Gasteiger partial charge >= 0.3 is 6.18 Å². The fourth-order valence-corrected chi connectivity index (χ4v) is 3.85. The number of aromatic nitrogens is 2. The maximum atomic E-state index is 12.5. The van der Waals surface area contributed by atoms with Crippen LogP contribution in [0.3, 0.4) is 0 Å². The molecule has 1 aliphatic heterocycles. The Kier molecular flexibility index (Phi) is 4.21. The Labute approximate surface area is 118 Å². The molecule has 1 fully saturated rings. The summed E-state index contributed by atoms with van der Waals surface area (Å²) in [6, 6.07) is -0.374. The lowest BCUT2D eigenvalue weighted by Gasteiger charge is -2.23. The number of hydrogen-bond acceptors (Lipinski definition) is 6. The summed E-state index contributed by atoms with van der Waals surface area (Å²) in [5, 5.41) is 0.117. The minimum absolute atomic E-state index is 0.117. The van der Waals surface area contributed by atoms with Crippen molar-refractivity contribution in [3.05, 3.63) is 5.82 Å². The molecule has 1 aromatic rings. The summed E-state index contributed by atoms with van der Waals surface area (Å²) in [7, 11) is -2.12. The third-order valence-corrected chi connectivity index (χ3v) is 5.21. The van der Waals surface area contributed by atoms with Crippen molar-refractivity contribution in [1.29, 1.82) is 0 Å². The predicted molar refractivity (Wildman–Crippen MR) is 68.1 cm³/mol. The Bertz CT molecular complexity index is 572. The zero-order valence-corrected chi connectivity index (χ0v) is 12.1. The van der Waals surface area contributed by atoms with E-state index in [0.29, 0.717) is 30.9 Å². The Hall–Kier alpha value is -0.940. The van der Waals surface area contributed by atoms with E-state index >= 15 is 0 Å². The van der Waals surface area contributed by atoms with Crippen LogP contribution >= 0.6 is 11.5 Å². The number of rotatable bonds is 4. The van der Waals surface area contributed by atoms with E-state index < -0.39 is 22.0 Å². The lowest BCUT2D eigenvalue weighted by molar-refractivity contribution is -0.144. The molecular formula is C9H13F3N4O2S2. The van der Waals surface area contributed by atoms with Crippen molar-refractivity contribution < 1.29 is 21.6 Å². The zero-order valence-electron chi connectivity index (χ0n) is 10.5. The third-order valence-electron chi connectivity index (χ3n) is 3.01. The van der Waals surface area contributed by atoms with Crippen LogP contribution in [-0.4, -0.2) is 43.2 Å². The second-order valence-electron chi connectivity index (χ2n) is 4.37. The van der Waals surface area contributed by atoms with Crippen LogP contribution in [0.25, 0.3) is 0 Å². The van der Waals surface area contributed by atoms with Gasteiger partial charge in [0.25, 0.3) is 0 Å². The van der Waals surface area contributed by atoms with Gasteiger partial charge in [-0.1, -0.05) is 0 Å². The van der Waals surface area contributed by atoms with Crippen molar-refractivity contribution in [2.45, 2.75) is 25.1 Å². The number of anilines is 1. The summed E-state index contributed by atoms with van der Waals surface area (Å²) in [5.74, 6) is -1.34. The van der Waals surface area contributed by atoms with Crippen molar-refractivity contribution >= 4 is 26.7 Å². The maximum absolute atomic E-state index is 12.5. The quantitative estimate of drug-likeness (QED) is 0.894. The molecule has 2 heterocycles. The predicted octanol–water partition coefficient (Wildman–Crippen LogP) is 1.07. The molecule has 1 unspecified atom stereocenters. The van der Waals surface area contributed by atoms with Gasteiger partial charge in [-0.25, -0.2) is 13.1 Å². The van der Waals surface area contributed by atoms with Crippen LogP contribution in [0.4, 0.5) is 18.3 Å². The molecule has 0 radical (unpaired) electrons. The highest BCUT2D eigenvalue weighted by molar-refractivity contribution is 7.89. The molecule has 0 spiro atoms. The fraction of sp³-hybridized carbons (Fsp3) is 0.778. The van der Waals surface area contributed by atoms with Crippen molar-refractivity contribution in [2.75, 3.05) is 24.2 Å². The second-order valence-corrected chi connectivity index (χ2v) is 7.07. The van der Waals surface area contributed by atoms with Gasteiger partial charge < -0.3 is 4.90 Å². The van der Waals surface area contributed by atoms with Crippen LogP contribution in [-0.2, 0) is 16.2 Å². The SMILES string of the molecule is CNS(=O)(=O)CC1CCCN1c1nc(C(F)(F)F)ns1. The molecule has 2 rings (SSSR count). The van der Waals surface area contributed by atoms with E-state index in [0.717, 1.165) is 0 Å². The van der Waals surface area contributed by atoms with Crippen molar-refractivity contribution in [3.8, 4) is 0 Å². The van der Waals surface area contributed by atoms with Crippen LogP contribution in [0.2, 0.25) is 0 Å². The van der Waals surface area contributed by atoms with E-state index in [2.05, 4.69) is 14.1 Å². The largest absolute Gasteiger partial charge is 0.452 e. The number of sulfonamides is 1. The van der Waals surface area contributed by atoms with Crippen molar-refractivity contribution in [1.82, 2.24) is 14.1 Å². The molecule has 0 aliphatic carbocycles. The normalized spacial score (nSPS) is 20.6. The zero-order chi connectivity index (χ0) is 15.0. The molecule has 1 N–H and O–H groups in total. The number of alkyl halides is 3. The van der Waals surface area contributed by atoms with E-state index in [1.807, 2.05) is 0 Å². The van der Waals surface area contributed by atoms with Crippen molar-refractivity contribution in [2.24, 2.45) is 0 Å². The highest BCUT2D eigenvalue weighted by Crippen LogP contribution is 2.33. The summed E-state index contributed by atoms with van der Waals surface area (Å²) in [4.78, 5) is 5.05. The van der Waals surface area contributed by atoms with Crippen LogP contribution < -0.4 is 9.62 Å². The molecule has 1 saturated heterocycles. The summed E-state index contributed by atoms with van der Waals surface area (Å²) >= 11 is 0.641. The third kappa shape index (κ3) is 3.38. The van der Waals surface area contributed by atoms with E-state index in [4.69, 9.17) is 0 Å². The number of nitrogens with zero attached hydrogens (tertiary/aromatic N) is 3. The lowest BCUT2D eigenvalue weighted by atomic mass is 10.2. The van der Waals surface area contributed by atoms with Gasteiger partial charge in [0.1, 0.15) is 0 Å². The monoisotopic (exact) mass is 330 g/mol. The van der Waals surface area contributed by atoms with Gasteiger partial charge in [-0.15, -0.1) is 0 Å². The summed E-state index contributed by atoms with van der Waals surface area (Å²) in [6.07, 6.45) is -3.27. The van der Waals surface area contributed by atoms with Gasteiger partial charge in [0, 0.05) is 24.1 Å². The van der Waals surface area contributed by atoms with Gasteiger partial charge in [-0.3, -0.25) is 0 Å². The molecule has 0 bridgehead atoms. The molecule has 0 amide bonds. The van der Waals surface area contributed by atoms with Crippen LogP contribution in [0, 0.1) is 0 Å². The minimum Gasteiger partial charge on any atom is -0.343 e. The lowest BCUT2D eigenvalue weighted by Crippen LogP contribution is -2.38. The van der Waals surface area contributed by atoms with Crippen LogP contribution in [0.1, 0.15) is 18.7 Å². The Balaban J connectivity index is 2.17. The molecule has 1 aromatic heterocycles. The maximum Gasteiger partial charge on any atom is 0.452 e. The van der Waals surface area contributed by atoms with Gasteiger partial charge in [-0.05, 0) is 19.9 Å². The molecule has 20 heavy (non-hydrogen) atoms. The summed E-state index contributed by atoms with van der Waals surface area (Å²) < 4.78 is 66.0. The molecule has 0 aromatic carbocycles. The van der Waals surface area contributed by atoms with Crippen LogP contribution in [0.15, 0.2) is 0 Å². The first-order valence-electron chi connectivity index (χ1n) is 5.82. The summed E-state index contributed by atoms with van der Waals surface area (Å²) in [6.45, 7) is 0.483. The molecule has 6 nitrogen and oxygen atoms in total. The molecular weight excluding hydrogens is 317 g/mol. The van der Waals surface area contributed by atoms with Crippen molar-refractivity contribution in [3.63, 3.8) is 0 Å². The molecule has 1 atom stereocenters. The van der Waals surface area contributed by atoms with E-state index in [9.17, 15) is 21.6 Å².